The van der Waals surface area contributed by atoms with Crippen LogP contribution in [0.1, 0.15) is 78.1 Å². The molecule has 1 unspecified atom stereocenters. The Labute approximate surface area is 141 Å². The third kappa shape index (κ3) is 6.80. The van der Waals surface area contributed by atoms with E-state index in [1.54, 1.807) is 0 Å². The molecule has 0 N–H and O–H groups in total. The van der Waals surface area contributed by atoms with Gasteiger partial charge in [-0.1, -0.05) is 32.1 Å². The van der Waals surface area contributed by atoms with Crippen molar-refractivity contribution in [2.75, 3.05) is 19.8 Å². The summed E-state index contributed by atoms with van der Waals surface area (Å²) < 4.78 is 16.4. The van der Waals surface area contributed by atoms with E-state index in [1.807, 2.05) is 13.8 Å². The number of ether oxygens (including phenoxy) is 3. The minimum Gasteiger partial charge on any atom is -0.461 e. The van der Waals surface area contributed by atoms with Gasteiger partial charge in [0.1, 0.15) is 0 Å². The fourth-order valence-corrected chi connectivity index (χ4v) is 3.34. The predicted molar refractivity (Wildman–Crippen MR) is 90.4 cm³/mol. The topological polar surface area (TPSA) is 48.1 Å². The second-order valence-electron chi connectivity index (χ2n) is 7.48. The number of carbonyl (C=O) groups excluding carboxylic acids is 1. The number of hydrogen-bond acceptors (Lipinski definition) is 4. The Morgan fingerprint density at radius 2 is 1.83 bits per heavy atom. The van der Waals surface area contributed by atoms with Crippen molar-refractivity contribution in [1.82, 2.24) is 0 Å². The monoisotopic (exact) mass is 326 g/mol. The molecule has 1 aliphatic carbocycles. The minimum absolute atomic E-state index is 0.0649. The Bertz CT molecular complexity index is 343. The van der Waals surface area contributed by atoms with Gasteiger partial charge in [-0.25, -0.2) is 4.79 Å². The second kappa shape index (κ2) is 9.63. The summed E-state index contributed by atoms with van der Waals surface area (Å²) in [6, 6.07) is 0. The number of epoxide rings is 1. The van der Waals surface area contributed by atoms with Gasteiger partial charge in [0, 0.05) is 13.2 Å². The average molecular weight is 326 g/mol. The van der Waals surface area contributed by atoms with Crippen LogP contribution in [-0.2, 0) is 19.0 Å². The maximum atomic E-state index is 11.9. The van der Waals surface area contributed by atoms with Crippen molar-refractivity contribution in [2.24, 2.45) is 5.92 Å². The first-order valence-electron chi connectivity index (χ1n) is 9.55. The van der Waals surface area contributed by atoms with Crippen molar-refractivity contribution in [3.63, 3.8) is 0 Å². The summed E-state index contributed by atoms with van der Waals surface area (Å²) in [6.07, 6.45) is 12.1. The fourth-order valence-electron chi connectivity index (χ4n) is 3.34. The van der Waals surface area contributed by atoms with E-state index in [2.05, 4.69) is 0 Å². The van der Waals surface area contributed by atoms with Crippen molar-refractivity contribution in [1.29, 1.82) is 0 Å². The molecule has 1 saturated carbocycles. The molecule has 23 heavy (non-hydrogen) atoms. The third-order valence-corrected chi connectivity index (χ3v) is 4.91. The molecule has 1 saturated heterocycles. The van der Waals surface area contributed by atoms with Crippen molar-refractivity contribution in [3.05, 3.63) is 0 Å². The molecule has 1 atom stereocenters. The van der Waals surface area contributed by atoms with Crippen molar-refractivity contribution in [3.8, 4) is 0 Å². The largest absolute Gasteiger partial charge is 0.461 e. The Morgan fingerprint density at radius 3 is 2.48 bits per heavy atom. The highest BCUT2D eigenvalue weighted by Gasteiger charge is 2.53. The Kier molecular flexibility index (Phi) is 7.84. The smallest absolute Gasteiger partial charge is 0.341 e. The molecule has 0 radical (unpaired) electrons. The highest BCUT2D eigenvalue weighted by atomic mass is 16.6. The van der Waals surface area contributed by atoms with E-state index in [0.29, 0.717) is 6.61 Å². The van der Waals surface area contributed by atoms with Crippen molar-refractivity contribution >= 4 is 5.97 Å². The van der Waals surface area contributed by atoms with Gasteiger partial charge < -0.3 is 14.2 Å². The molecule has 2 aliphatic rings. The van der Waals surface area contributed by atoms with Crippen LogP contribution in [0, 0.1) is 5.92 Å². The van der Waals surface area contributed by atoms with E-state index in [9.17, 15) is 4.79 Å². The molecular formula is C19H34O4. The zero-order chi connectivity index (χ0) is 16.5. The zero-order valence-electron chi connectivity index (χ0n) is 15.0. The van der Waals surface area contributed by atoms with Crippen LogP contribution < -0.4 is 0 Å². The van der Waals surface area contributed by atoms with Crippen LogP contribution in [0.5, 0.6) is 0 Å². The van der Waals surface area contributed by atoms with E-state index in [4.69, 9.17) is 14.2 Å². The van der Waals surface area contributed by atoms with Gasteiger partial charge in [0.25, 0.3) is 0 Å². The lowest BCUT2D eigenvalue weighted by atomic mass is 9.90. The summed E-state index contributed by atoms with van der Waals surface area (Å²) in [5.41, 5.74) is -0.609. The molecule has 0 bridgehead atoms. The van der Waals surface area contributed by atoms with Gasteiger partial charge in [0.2, 0.25) is 0 Å². The maximum Gasteiger partial charge on any atom is 0.341 e. The lowest BCUT2D eigenvalue weighted by Gasteiger charge is -2.21. The summed E-state index contributed by atoms with van der Waals surface area (Å²) in [4.78, 5) is 11.9. The quantitative estimate of drug-likeness (QED) is 0.323. The Balaban J connectivity index is 1.43. The Hall–Kier alpha value is -0.610. The summed E-state index contributed by atoms with van der Waals surface area (Å²) in [5.74, 6) is 0.630. The summed E-state index contributed by atoms with van der Waals surface area (Å²) in [7, 11) is 0. The zero-order valence-corrected chi connectivity index (χ0v) is 15.0. The molecule has 2 rings (SSSR count). The molecule has 1 heterocycles. The molecule has 134 valence electrons. The molecule has 0 aromatic carbocycles. The number of unbranched alkanes of at least 4 members (excludes halogenated alkanes) is 3. The van der Waals surface area contributed by atoms with Crippen LogP contribution in [-0.4, -0.2) is 37.5 Å². The number of rotatable bonds is 11. The Morgan fingerprint density at radius 1 is 1.13 bits per heavy atom. The van der Waals surface area contributed by atoms with E-state index >= 15 is 0 Å². The van der Waals surface area contributed by atoms with Gasteiger partial charge in [0.05, 0.1) is 12.7 Å². The molecule has 0 amide bonds. The highest BCUT2D eigenvalue weighted by Crippen LogP contribution is 2.34. The first-order chi connectivity index (χ1) is 11.1. The van der Waals surface area contributed by atoms with Crippen molar-refractivity contribution in [2.45, 2.75) is 89.8 Å². The van der Waals surface area contributed by atoms with Crippen LogP contribution in [0.15, 0.2) is 0 Å². The summed E-state index contributed by atoms with van der Waals surface area (Å²) in [6.45, 7) is 6.12. The molecule has 0 aromatic rings. The van der Waals surface area contributed by atoms with Gasteiger partial charge in [-0.2, -0.15) is 0 Å². The minimum atomic E-state index is -0.609. The predicted octanol–water partition coefficient (Wildman–Crippen LogP) is 4.25. The lowest BCUT2D eigenvalue weighted by Crippen LogP contribution is -2.29. The molecule has 0 spiro atoms. The van der Waals surface area contributed by atoms with E-state index in [1.165, 1.54) is 38.5 Å². The third-order valence-electron chi connectivity index (χ3n) is 4.91. The second-order valence-corrected chi connectivity index (χ2v) is 7.48. The van der Waals surface area contributed by atoms with Crippen LogP contribution in [0.25, 0.3) is 0 Å². The first-order valence-corrected chi connectivity index (χ1v) is 9.55. The molecule has 4 nitrogen and oxygen atoms in total. The fraction of sp³-hybridized carbons (Fsp3) is 0.947. The molecule has 4 heteroatoms. The van der Waals surface area contributed by atoms with E-state index in [-0.39, 0.29) is 12.1 Å². The number of esters is 1. The van der Waals surface area contributed by atoms with Gasteiger partial charge >= 0.3 is 5.97 Å². The average Bonchev–Trinajstić information content (AvgIpc) is 3.31. The van der Waals surface area contributed by atoms with Gasteiger partial charge in [-0.3, -0.25) is 0 Å². The molecule has 0 aromatic heterocycles. The number of carbonyl (C=O) groups is 1. The molecular weight excluding hydrogens is 292 g/mol. The molecule has 1 aliphatic heterocycles. The lowest BCUT2D eigenvalue weighted by molar-refractivity contribution is -0.154. The van der Waals surface area contributed by atoms with Crippen molar-refractivity contribution < 1.29 is 19.0 Å². The normalized spacial score (nSPS) is 24.8. The standard InChI is InChI=1S/C19H34O4/c1-16(2)23-18(20)19(15-22-19)12-8-3-4-9-13-21-14-17-10-6-5-7-11-17/h16-17H,3-15H2,1-2H3. The molecule has 2 fully saturated rings. The van der Waals surface area contributed by atoms with Crippen LogP contribution in [0.4, 0.5) is 0 Å². The van der Waals surface area contributed by atoms with Crippen LogP contribution in [0.3, 0.4) is 0 Å². The van der Waals surface area contributed by atoms with Crippen LogP contribution >= 0.6 is 0 Å². The van der Waals surface area contributed by atoms with Crippen LogP contribution in [0.2, 0.25) is 0 Å². The van der Waals surface area contributed by atoms with Gasteiger partial charge in [0.15, 0.2) is 5.60 Å². The van der Waals surface area contributed by atoms with E-state index < -0.39 is 5.60 Å². The maximum absolute atomic E-state index is 11.9. The highest BCUT2D eigenvalue weighted by molar-refractivity contribution is 5.82. The summed E-state index contributed by atoms with van der Waals surface area (Å²) in [5, 5.41) is 0. The summed E-state index contributed by atoms with van der Waals surface area (Å²) >= 11 is 0. The number of hydrogen-bond donors (Lipinski definition) is 0. The first kappa shape index (κ1) is 18.7. The van der Waals surface area contributed by atoms with E-state index in [0.717, 1.165) is 44.8 Å². The van der Waals surface area contributed by atoms with Gasteiger partial charge in [-0.15, -0.1) is 0 Å². The van der Waals surface area contributed by atoms with Gasteiger partial charge in [-0.05, 0) is 51.9 Å². The SMILES string of the molecule is CC(C)OC(=O)C1(CCCCCCOCC2CCCCC2)CO1.